The molecule has 0 aliphatic rings. The summed E-state index contributed by atoms with van der Waals surface area (Å²) in [5, 5.41) is 14.2. The van der Waals surface area contributed by atoms with Crippen LogP contribution in [0.2, 0.25) is 0 Å². The molecular weight excluding hydrogens is 212 g/mol. The minimum absolute atomic E-state index is 0.658. The first-order valence-corrected chi connectivity index (χ1v) is 5.31. The molecule has 0 atom stereocenters. The highest BCUT2D eigenvalue weighted by atomic mass is 15.3. The van der Waals surface area contributed by atoms with Crippen LogP contribution in [0.5, 0.6) is 0 Å². The third kappa shape index (κ3) is 1.49. The molecule has 1 aromatic carbocycles. The largest absolute Gasteiger partial charge is 0.360 e. The molecule has 0 aliphatic carbocycles. The van der Waals surface area contributed by atoms with Crippen molar-refractivity contribution in [3.8, 4) is 11.8 Å². The zero-order valence-electron chi connectivity index (χ0n) is 9.31. The molecule has 3 rings (SSSR count). The highest BCUT2D eigenvalue weighted by Crippen LogP contribution is 2.21. The Morgan fingerprint density at radius 3 is 3.00 bits per heavy atom. The smallest absolute Gasteiger partial charge is 0.101 e. The van der Waals surface area contributed by atoms with Crippen molar-refractivity contribution in [1.29, 1.82) is 5.26 Å². The standard InChI is InChI=1S/C13H10N4/c1-9-6-16-17(8-9)11-2-3-13-12(4-11)10(5-14)7-15-13/h2-4,6-8,15H,1H3. The van der Waals surface area contributed by atoms with Gasteiger partial charge in [-0.1, -0.05) is 0 Å². The van der Waals surface area contributed by atoms with Gasteiger partial charge in [0.1, 0.15) is 6.07 Å². The number of aryl methyl sites for hydroxylation is 1. The van der Waals surface area contributed by atoms with Gasteiger partial charge in [-0.2, -0.15) is 10.4 Å². The normalized spacial score (nSPS) is 10.6. The van der Waals surface area contributed by atoms with E-state index in [2.05, 4.69) is 16.2 Å². The summed E-state index contributed by atoms with van der Waals surface area (Å²) in [6.45, 7) is 2.00. The van der Waals surface area contributed by atoms with Crippen LogP contribution in [0.15, 0.2) is 36.8 Å². The molecule has 4 heteroatoms. The monoisotopic (exact) mass is 222 g/mol. The maximum Gasteiger partial charge on any atom is 0.101 e. The summed E-state index contributed by atoms with van der Waals surface area (Å²) < 4.78 is 1.81. The van der Waals surface area contributed by atoms with E-state index in [0.717, 1.165) is 22.2 Å². The molecule has 1 N–H and O–H groups in total. The summed E-state index contributed by atoms with van der Waals surface area (Å²) in [7, 11) is 0. The Kier molecular flexibility index (Phi) is 1.99. The first-order chi connectivity index (χ1) is 8.28. The number of aromatic nitrogens is 3. The summed E-state index contributed by atoms with van der Waals surface area (Å²) >= 11 is 0. The molecule has 0 saturated carbocycles. The number of aromatic amines is 1. The predicted octanol–water partition coefficient (Wildman–Crippen LogP) is 2.53. The van der Waals surface area contributed by atoms with Crippen molar-refractivity contribution in [3.05, 3.63) is 47.9 Å². The lowest BCUT2D eigenvalue weighted by molar-refractivity contribution is 0.882. The van der Waals surface area contributed by atoms with Crippen molar-refractivity contribution in [1.82, 2.24) is 14.8 Å². The number of hydrogen-bond donors (Lipinski definition) is 1. The van der Waals surface area contributed by atoms with Crippen molar-refractivity contribution in [3.63, 3.8) is 0 Å². The zero-order chi connectivity index (χ0) is 11.8. The second kappa shape index (κ2) is 3.49. The average Bonchev–Trinajstić information content (AvgIpc) is 2.94. The van der Waals surface area contributed by atoms with Crippen molar-refractivity contribution in [2.75, 3.05) is 0 Å². The van der Waals surface area contributed by atoms with Gasteiger partial charge >= 0.3 is 0 Å². The van der Waals surface area contributed by atoms with E-state index in [-0.39, 0.29) is 0 Å². The zero-order valence-corrected chi connectivity index (χ0v) is 9.31. The van der Waals surface area contributed by atoms with E-state index in [9.17, 15) is 0 Å². The molecule has 0 spiro atoms. The molecule has 4 nitrogen and oxygen atoms in total. The number of nitrogens with one attached hydrogen (secondary N) is 1. The minimum Gasteiger partial charge on any atom is -0.360 e. The molecule has 3 aromatic rings. The van der Waals surface area contributed by atoms with Gasteiger partial charge < -0.3 is 4.98 Å². The molecule has 0 saturated heterocycles. The maximum atomic E-state index is 9.00. The van der Waals surface area contributed by atoms with Gasteiger partial charge in [0.25, 0.3) is 0 Å². The van der Waals surface area contributed by atoms with E-state index >= 15 is 0 Å². The van der Waals surface area contributed by atoms with Gasteiger partial charge in [0.05, 0.1) is 17.4 Å². The second-order valence-corrected chi connectivity index (χ2v) is 4.01. The van der Waals surface area contributed by atoms with Gasteiger partial charge in [-0.3, -0.25) is 0 Å². The van der Waals surface area contributed by atoms with E-state index in [1.165, 1.54) is 0 Å². The van der Waals surface area contributed by atoms with Crippen molar-refractivity contribution in [2.45, 2.75) is 6.92 Å². The first kappa shape index (κ1) is 9.67. The predicted molar refractivity (Wildman–Crippen MR) is 64.9 cm³/mol. The van der Waals surface area contributed by atoms with E-state index in [4.69, 9.17) is 5.26 Å². The number of benzene rings is 1. The molecule has 0 unspecified atom stereocenters. The molecule has 0 radical (unpaired) electrons. The number of H-pyrrole nitrogens is 1. The Labute approximate surface area is 98.1 Å². The lowest BCUT2D eigenvalue weighted by Gasteiger charge is -2.01. The molecule has 82 valence electrons. The Hall–Kier alpha value is -2.54. The minimum atomic E-state index is 0.658. The highest BCUT2D eigenvalue weighted by molar-refractivity contribution is 5.87. The Morgan fingerprint density at radius 1 is 1.41 bits per heavy atom. The third-order valence-corrected chi connectivity index (χ3v) is 2.76. The number of nitrogens with zero attached hydrogens (tertiary/aromatic N) is 3. The van der Waals surface area contributed by atoms with Crippen LogP contribution in [0.4, 0.5) is 0 Å². The molecule has 0 fully saturated rings. The van der Waals surface area contributed by atoms with Gasteiger partial charge in [-0.05, 0) is 30.7 Å². The van der Waals surface area contributed by atoms with Gasteiger partial charge in [0, 0.05) is 23.3 Å². The molecule has 2 heterocycles. The van der Waals surface area contributed by atoms with Crippen molar-refractivity contribution in [2.24, 2.45) is 0 Å². The van der Waals surface area contributed by atoms with Crippen molar-refractivity contribution < 1.29 is 0 Å². The average molecular weight is 222 g/mol. The topological polar surface area (TPSA) is 57.4 Å². The summed E-state index contributed by atoms with van der Waals surface area (Å²) in [6, 6.07) is 8.08. The summed E-state index contributed by atoms with van der Waals surface area (Å²) in [5.74, 6) is 0. The Balaban J connectivity index is 2.22. The van der Waals surface area contributed by atoms with Crippen molar-refractivity contribution >= 4 is 10.9 Å². The first-order valence-electron chi connectivity index (χ1n) is 5.31. The van der Waals surface area contributed by atoms with Crippen LogP contribution in [0.1, 0.15) is 11.1 Å². The lowest BCUT2D eigenvalue weighted by atomic mass is 10.2. The molecule has 17 heavy (non-hydrogen) atoms. The number of rotatable bonds is 1. The number of hydrogen-bond acceptors (Lipinski definition) is 2. The van der Waals surface area contributed by atoms with Crippen LogP contribution in [0.25, 0.3) is 16.6 Å². The van der Waals surface area contributed by atoms with Crippen LogP contribution in [-0.4, -0.2) is 14.8 Å². The van der Waals surface area contributed by atoms with Gasteiger partial charge in [0.2, 0.25) is 0 Å². The Morgan fingerprint density at radius 2 is 2.29 bits per heavy atom. The quantitative estimate of drug-likeness (QED) is 0.687. The van der Waals surface area contributed by atoms with Crippen LogP contribution in [0, 0.1) is 18.3 Å². The fourth-order valence-corrected chi connectivity index (χ4v) is 1.90. The summed E-state index contributed by atoms with van der Waals surface area (Å²) in [6.07, 6.45) is 5.50. The molecule has 2 aromatic heterocycles. The van der Waals surface area contributed by atoms with E-state index in [0.29, 0.717) is 5.56 Å². The number of fused-ring (bicyclic) bond motifs is 1. The third-order valence-electron chi connectivity index (χ3n) is 2.76. The molecule has 0 aliphatic heterocycles. The van der Waals surface area contributed by atoms with Crippen LogP contribution in [0.3, 0.4) is 0 Å². The van der Waals surface area contributed by atoms with Gasteiger partial charge in [-0.15, -0.1) is 0 Å². The molecule has 0 amide bonds. The van der Waals surface area contributed by atoms with Gasteiger partial charge in [-0.25, -0.2) is 4.68 Å². The fraction of sp³-hybridized carbons (Fsp3) is 0.0769. The number of nitriles is 1. The summed E-state index contributed by atoms with van der Waals surface area (Å²) in [4.78, 5) is 3.07. The SMILES string of the molecule is Cc1cnn(-c2ccc3[nH]cc(C#N)c3c2)c1. The highest BCUT2D eigenvalue weighted by Gasteiger charge is 2.05. The van der Waals surface area contributed by atoms with E-state index in [1.54, 1.807) is 6.20 Å². The lowest BCUT2D eigenvalue weighted by Crippen LogP contribution is -1.93. The van der Waals surface area contributed by atoms with E-state index < -0.39 is 0 Å². The van der Waals surface area contributed by atoms with Crippen LogP contribution >= 0.6 is 0 Å². The summed E-state index contributed by atoms with van der Waals surface area (Å²) in [5.41, 5.74) is 3.70. The van der Waals surface area contributed by atoms with Gasteiger partial charge in [0.15, 0.2) is 0 Å². The Bertz CT molecular complexity index is 727. The molecule has 0 bridgehead atoms. The molecular formula is C13H10N4. The van der Waals surface area contributed by atoms with Crippen LogP contribution < -0.4 is 0 Å². The maximum absolute atomic E-state index is 9.00. The van der Waals surface area contributed by atoms with E-state index in [1.807, 2.05) is 42.2 Å². The van der Waals surface area contributed by atoms with Crippen LogP contribution in [-0.2, 0) is 0 Å². The fourth-order valence-electron chi connectivity index (χ4n) is 1.90. The second-order valence-electron chi connectivity index (χ2n) is 4.01.